The summed E-state index contributed by atoms with van der Waals surface area (Å²) in [5, 5.41) is 9.66. The first kappa shape index (κ1) is 15.2. The Morgan fingerprint density at radius 2 is 2.32 bits per heavy atom. The van der Waals surface area contributed by atoms with E-state index < -0.39 is 0 Å². The smallest absolute Gasteiger partial charge is 0.273 e. The maximum atomic E-state index is 12.8. The van der Waals surface area contributed by atoms with Crippen LogP contribution in [0.1, 0.15) is 41.0 Å². The predicted octanol–water partition coefficient (Wildman–Crippen LogP) is 3.09. The number of amides is 1. The van der Waals surface area contributed by atoms with Crippen LogP contribution < -0.4 is 0 Å². The molecule has 0 radical (unpaired) electrons. The van der Waals surface area contributed by atoms with Crippen molar-refractivity contribution in [2.45, 2.75) is 38.6 Å². The van der Waals surface area contributed by atoms with Crippen LogP contribution in [-0.4, -0.2) is 40.1 Å². The average Bonchev–Trinajstić information content (AvgIpc) is 3.05. The van der Waals surface area contributed by atoms with Crippen molar-refractivity contribution in [2.24, 2.45) is 0 Å². The zero-order valence-electron chi connectivity index (χ0n) is 12.6. The van der Waals surface area contributed by atoms with E-state index in [0.717, 1.165) is 35.6 Å². The van der Waals surface area contributed by atoms with E-state index in [1.807, 2.05) is 24.0 Å². The number of aryl methyl sites for hydroxylation is 1. The Balaban J connectivity index is 1.78. The third-order valence-electron chi connectivity index (χ3n) is 3.79. The van der Waals surface area contributed by atoms with Crippen LogP contribution in [0.15, 0.2) is 22.8 Å². The summed E-state index contributed by atoms with van der Waals surface area (Å²) in [7, 11) is 0. The summed E-state index contributed by atoms with van der Waals surface area (Å²) in [6.45, 7) is 2.79. The third kappa shape index (κ3) is 3.23. The van der Waals surface area contributed by atoms with Gasteiger partial charge in [0.2, 0.25) is 0 Å². The molecule has 3 rings (SSSR count). The summed E-state index contributed by atoms with van der Waals surface area (Å²) in [4.78, 5) is 20.1. The number of aliphatic hydroxyl groups excluding tert-OH is 1. The minimum Gasteiger partial charge on any atom is -0.462 e. The van der Waals surface area contributed by atoms with Crippen LogP contribution in [0, 0.1) is 6.92 Å². The van der Waals surface area contributed by atoms with Crippen LogP contribution in [0.5, 0.6) is 0 Å². The fourth-order valence-corrected chi connectivity index (χ4v) is 3.34. The van der Waals surface area contributed by atoms with Crippen molar-refractivity contribution < 1.29 is 14.3 Å². The lowest BCUT2D eigenvalue weighted by Gasteiger charge is -2.21. The Kier molecular flexibility index (Phi) is 4.59. The quantitative estimate of drug-likeness (QED) is 0.796. The molecule has 0 saturated heterocycles. The number of thiazole rings is 1. The SMILES string of the molecule is Cc1sc(-c2ccco2)nc1C(=O)N(CCCCO)C1CC1. The molecule has 1 aliphatic rings. The lowest BCUT2D eigenvalue weighted by molar-refractivity contribution is 0.0731. The second-order valence-electron chi connectivity index (χ2n) is 5.56. The number of carbonyl (C=O) groups excluding carboxylic acids is 1. The number of hydrogen-bond acceptors (Lipinski definition) is 5. The third-order valence-corrected chi connectivity index (χ3v) is 4.77. The van der Waals surface area contributed by atoms with Crippen molar-refractivity contribution in [1.82, 2.24) is 9.88 Å². The molecule has 5 nitrogen and oxygen atoms in total. The van der Waals surface area contributed by atoms with E-state index in [0.29, 0.717) is 24.0 Å². The lowest BCUT2D eigenvalue weighted by atomic mass is 10.2. The van der Waals surface area contributed by atoms with Gasteiger partial charge in [0.15, 0.2) is 10.8 Å². The van der Waals surface area contributed by atoms with Gasteiger partial charge in [0.25, 0.3) is 5.91 Å². The van der Waals surface area contributed by atoms with Gasteiger partial charge in [0, 0.05) is 24.1 Å². The van der Waals surface area contributed by atoms with Gasteiger partial charge in [0.05, 0.1) is 6.26 Å². The van der Waals surface area contributed by atoms with E-state index in [9.17, 15) is 4.79 Å². The lowest BCUT2D eigenvalue weighted by Crippen LogP contribution is -2.34. The van der Waals surface area contributed by atoms with Gasteiger partial charge in [-0.25, -0.2) is 4.98 Å². The average molecular weight is 320 g/mol. The van der Waals surface area contributed by atoms with E-state index in [1.54, 1.807) is 6.26 Å². The number of aromatic nitrogens is 1. The van der Waals surface area contributed by atoms with E-state index in [2.05, 4.69) is 4.98 Å². The molecule has 0 atom stereocenters. The molecule has 1 aliphatic carbocycles. The molecule has 0 unspecified atom stereocenters. The number of nitrogens with zero attached hydrogens (tertiary/aromatic N) is 2. The molecule has 0 spiro atoms. The monoisotopic (exact) mass is 320 g/mol. The first-order valence-electron chi connectivity index (χ1n) is 7.64. The summed E-state index contributed by atoms with van der Waals surface area (Å²) in [6, 6.07) is 4.02. The Labute approximate surface area is 133 Å². The molecule has 2 aromatic rings. The summed E-state index contributed by atoms with van der Waals surface area (Å²) in [5.74, 6) is 0.706. The largest absolute Gasteiger partial charge is 0.462 e. The first-order chi connectivity index (χ1) is 10.7. The van der Waals surface area contributed by atoms with E-state index in [4.69, 9.17) is 9.52 Å². The van der Waals surface area contributed by atoms with Crippen LogP contribution in [0.25, 0.3) is 10.8 Å². The Hall–Kier alpha value is -1.66. The highest BCUT2D eigenvalue weighted by atomic mass is 32.1. The van der Waals surface area contributed by atoms with Crippen LogP contribution in [0.3, 0.4) is 0 Å². The predicted molar refractivity (Wildman–Crippen MR) is 84.9 cm³/mol. The van der Waals surface area contributed by atoms with Crippen molar-refractivity contribution in [2.75, 3.05) is 13.2 Å². The number of carbonyl (C=O) groups is 1. The van der Waals surface area contributed by atoms with Crippen LogP contribution in [-0.2, 0) is 0 Å². The van der Waals surface area contributed by atoms with Gasteiger partial charge in [-0.05, 0) is 44.7 Å². The number of rotatable bonds is 7. The van der Waals surface area contributed by atoms with E-state index in [1.165, 1.54) is 11.3 Å². The molecule has 118 valence electrons. The van der Waals surface area contributed by atoms with Crippen LogP contribution in [0.2, 0.25) is 0 Å². The highest BCUT2D eigenvalue weighted by Gasteiger charge is 2.34. The maximum Gasteiger partial charge on any atom is 0.273 e. The molecule has 0 bridgehead atoms. The molecule has 1 N–H and O–H groups in total. The molecule has 2 heterocycles. The molecule has 1 amide bonds. The Morgan fingerprint density at radius 1 is 1.50 bits per heavy atom. The highest BCUT2D eigenvalue weighted by molar-refractivity contribution is 7.15. The zero-order valence-corrected chi connectivity index (χ0v) is 13.4. The van der Waals surface area contributed by atoms with Crippen molar-refractivity contribution in [1.29, 1.82) is 0 Å². The van der Waals surface area contributed by atoms with Gasteiger partial charge >= 0.3 is 0 Å². The van der Waals surface area contributed by atoms with E-state index >= 15 is 0 Å². The van der Waals surface area contributed by atoms with Gasteiger partial charge < -0.3 is 14.4 Å². The fourth-order valence-electron chi connectivity index (χ4n) is 2.47. The molecule has 6 heteroatoms. The Bertz CT molecular complexity index is 632. The van der Waals surface area contributed by atoms with Crippen molar-refractivity contribution in [3.05, 3.63) is 29.0 Å². The molecule has 1 saturated carbocycles. The highest BCUT2D eigenvalue weighted by Crippen LogP contribution is 2.32. The molecule has 0 aromatic carbocycles. The minimum absolute atomic E-state index is 0.00648. The van der Waals surface area contributed by atoms with Gasteiger partial charge in [-0.3, -0.25) is 4.79 Å². The summed E-state index contributed by atoms with van der Waals surface area (Å²) >= 11 is 1.49. The van der Waals surface area contributed by atoms with Gasteiger partial charge in [-0.2, -0.15) is 0 Å². The Morgan fingerprint density at radius 3 is 2.95 bits per heavy atom. The first-order valence-corrected chi connectivity index (χ1v) is 8.45. The normalized spacial score (nSPS) is 14.3. The van der Waals surface area contributed by atoms with Crippen LogP contribution in [0.4, 0.5) is 0 Å². The number of unbranched alkanes of at least 4 members (excludes halogenated alkanes) is 1. The number of furan rings is 1. The topological polar surface area (TPSA) is 66.6 Å². The zero-order chi connectivity index (χ0) is 15.5. The molecule has 0 aliphatic heterocycles. The summed E-state index contributed by atoms with van der Waals surface area (Å²) < 4.78 is 5.36. The molecular weight excluding hydrogens is 300 g/mol. The maximum absolute atomic E-state index is 12.8. The molecular formula is C16H20N2O3S. The second kappa shape index (κ2) is 6.62. The van der Waals surface area contributed by atoms with Crippen molar-refractivity contribution in [3.63, 3.8) is 0 Å². The molecule has 2 aromatic heterocycles. The van der Waals surface area contributed by atoms with Crippen LogP contribution >= 0.6 is 11.3 Å². The number of hydrogen-bond donors (Lipinski definition) is 1. The molecule has 22 heavy (non-hydrogen) atoms. The van der Waals surface area contributed by atoms with E-state index in [-0.39, 0.29) is 12.5 Å². The van der Waals surface area contributed by atoms with Crippen molar-refractivity contribution >= 4 is 17.2 Å². The fraction of sp³-hybridized carbons (Fsp3) is 0.500. The van der Waals surface area contributed by atoms with Gasteiger partial charge in [-0.1, -0.05) is 0 Å². The molecule has 1 fully saturated rings. The second-order valence-corrected chi connectivity index (χ2v) is 6.76. The summed E-state index contributed by atoms with van der Waals surface area (Å²) in [6.07, 6.45) is 5.30. The summed E-state index contributed by atoms with van der Waals surface area (Å²) in [5.41, 5.74) is 0.535. The standard InChI is InChI=1S/C16H20N2O3S/c1-11-14(17-15(22-11)13-5-4-10-21-13)16(20)18(12-6-7-12)8-2-3-9-19/h4-5,10,12,19H,2-3,6-9H2,1H3. The van der Waals surface area contributed by atoms with Gasteiger partial charge in [-0.15, -0.1) is 11.3 Å². The number of aliphatic hydroxyl groups is 1. The van der Waals surface area contributed by atoms with Crippen molar-refractivity contribution in [3.8, 4) is 10.8 Å². The van der Waals surface area contributed by atoms with Gasteiger partial charge in [0.1, 0.15) is 5.69 Å². The minimum atomic E-state index is 0.00648.